The average Bonchev–Trinajstić information content (AvgIpc) is 2.77. The van der Waals surface area contributed by atoms with E-state index in [0.717, 1.165) is 12.8 Å². The van der Waals surface area contributed by atoms with Crippen molar-refractivity contribution >= 4 is 17.7 Å². The van der Waals surface area contributed by atoms with Crippen LogP contribution in [0.1, 0.15) is 46.4 Å². The van der Waals surface area contributed by atoms with Gasteiger partial charge in [-0.2, -0.15) is 0 Å². The highest BCUT2D eigenvalue weighted by Crippen LogP contribution is 2.28. The van der Waals surface area contributed by atoms with Gasteiger partial charge in [0.15, 0.2) is 0 Å². The summed E-state index contributed by atoms with van der Waals surface area (Å²) in [5.74, 6) is -1.57. The van der Waals surface area contributed by atoms with E-state index >= 15 is 0 Å². The number of nitrogens with one attached hydrogen (secondary N) is 3. The SMILES string of the molecule is O=C(NNC(=O)C1CCC(CNC(=O)c2ccccc2F)CC1)c1cccnc1. The van der Waals surface area contributed by atoms with Crippen molar-refractivity contribution in [3.8, 4) is 0 Å². The van der Waals surface area contributed by atoms with Gasteiger partial charge in [-0.05, 0) is 55.9 Å². The number of halogens is 1. The molecular formula is C21H23FN4O3. The molecule has 0 saturated heterocycles. The third-order valence-corrected chi connectivity index (χ3v) is 5.11. The van der Waals surface area contributed by atoms with Crippen molar-refractivity contribution in [2.75, 3.05) is 6.54 Å². The number of rotatable bonds is 5. The number of carbonyl (C=O) groups excluding carboxylic acids is 3. The van der Waals surface area contributed by atoms with Crippen LogP contribution in [0.5, 0.6) is 0 Å². The van der Waals surface area contributed by atoms with Gasteiger partial charge in [0, 0.05) is 24.9 Å². The predicted octanol–water partition coefficient (Wildman–Crippen LogP) is 2.22. The molecule has 3 N–H and O–H groups in total. The number of amides is 3. The lowest BCUT2D eigenvalue weighted by atomic mass is 9.81. The number of nitrogens with zero attached hydrogens (tertiary/aromatic N) is 1. The molecule has 1 heterocycles. The zero-order chi connectivity index (χ0) is 20.6. The molecule has 0 bridgehead atoms. The third-order valence-electron chi connectivity index (χ3n) is 5.11. The molecule has 3 amide bonds. The largest absolute Gasteiger partial charge is 0.352 e. The van der Waals surface area contributed by atoms with E-state index in [0.29, 0.717) is 24.9 Å². The van der Waals surface area contributed by atoms with Crippen molar-refractivity contribution in [3.05, 3.63) is 65.7 Å². The molecule has 1 fully saturated rings. The summed E-state index contributed by atoms with van der Waals surface area (Å²) >= 11 is 0. The topological polar surface area (TPSA) is 100 Å². The van der Waals surface area contributed by atoms with Crippen LogP contribution in [0.4, 0.5) is 4.39 Å². The lowest BCUT2D eigenvalue weighted by molar-refractivity contribution is -0.127. The minimum atomic E-state index is -0.543. The molecule has 1 aromatic heterocycles. The summed E-state index contributed by atoms with van der Waals surface area (Å²) in [5.41, 5.74) is 5.26. The van der Waals surface area contributed by atoms with Gasteiger partial charge in [-0.3, -0.25) is 30.2 Å². The van der Waals surface area contributed by atoms with Gasteiger partial charge in [0.2, 0.25) is 5.91 Å². The fraction of sp³-hybridized carbons (Fsp3) is 0.333. The van der Waals surface area contributed by atoms with Crippen LogP contribution in [-0.2, 0) is 4.79 Å². The predicted molar refractivity (Wildman–Crippen MR) is 104 cm³/mol. The maximum absolute atomic E-state index is 13.6. The zero-order valence-corrected chi connectivity index (χ0v) is 15.9. The van der Waals surface area contributed by atoms with E-state index in [1.165, 1.54) is 24.4 Å². The molecule has 0 aliphatic heterocycles. The van der Waals surface area contributed by atoms with Crippen LogP contribution in [0.25, 0.3) is 0 Å². The van der Waals surface area contributed by atoms with Crippen molar-refractivity contribution < 1.29 is 18.8 Å². The molecular weight excluding hydrogens is 375 g/mol. The maximum Gasteiger partial charge on any atom is 0.271 e. The van der Waals surface area contributed by atoms with Crippen LogP contribution in [-0.4, -0.2) is 29.3 Å². The van der Waals surface area contributed by atoms with E-state index in [-0.39, 0.29) is 23.3 Å². The third kappa shape index (κ3) is 5.60. The number of carbonyl (C=O) groups is 3. The Hall–Kier alpha value is -3.29. The molecule has 0 atom stereocenters. The summed E-state index contributed by atoms with van der Waals surface area (Å²) < 4.78 is 13.6. The number of hydrazine groups is 1. The van der Waals surface area contributed by atoms with Crippen molar-refractivity contribution in [2.24, 2.45) is 11.8 Å². The maximum atomic E-state index is 13.6. The van der Waals surface area contributed by atoms with E-state index in [4.69, 9.17) is 0 Å². The monoisotopic (exact) mass is 398 g/mol. The molecule has 0 spiro atoms. The zero-order valence-electron chi connectivity index (χ0n) is 15.9. The molecule has 2 aromatic rings. The van der Waals surface area contributed by atoms with Crippen LogP contribution in [0.2, 0.25) is 0 Å². The first-order chi connectivity index (χ1) is 14.0. The first-order valence-electron chi connectivity index (χ1n) is 9.57. The van der Waals surface area contributed by atoms with Gasteiger partial charge < -0.3 is 5.32 Å². The van der Waals surface area contributed by atoms with Crippen LogP contribution in [0, 0.1) is 17.7 Å². The Bertz CT molecular complexity index is 867. The van der Waals surface area contributed by atoms with Gasteiger partial charge >= 0.3 is 0 Å². The minimum Gasteiger partial charge on any atom is -0.352 e. The van der Waals surface area contributed by atoms with Gasteiger partial charge in [0.05, 0.1) is 11.1 Å². The Morgan fingerprint density at radius 1 is 0.966 bits per heavy atom. The van der Waals surface area contributed by atoms with Crippen LogP contribution in [0.3, 0.4) is 0 Å². The Kier molecular flexibility index (Phi) is 6.89. The molecule has 29 heavy (non-hydrogen) atoms. The Morgan fingerprint density at radius 3 is 2.41 bits per heavy atom. The van der Waals surface area contributed by atoms with Crippen molar-refractivity contribution in [3.63, 3.8) is 0 Å². The Labute approximate surface area is 168 Å². The molecule has 1 aromatic carbocycles. The highest BCUT2D eigenvalue weighted by molar-refractivity contribution is 5.95. The van der Waals surface area contributed by atoms with E-state index in [2.05, 4.69) is 21.2 Å². The summed E-state index contributed by atoms with van der Waals surface area (Å²) in [6.07, 6.45) is 5.84. The molecule has 1 saturated carbocycles. The highest BCUT2D eigenvalue weighted by atomic mass is 19.1. The summed E-state index contributed by atoms with van der Waals surface area (Å²) in [6.45, 7) is 0.444. The standard InChI is InChI=1S/C21H23FN4O3/c22-18-6-2-1-5-17(18)21(29)24-12-14-7-9-15(10-8-14)19(27)25-26-20(28)16-4-3-11-23-13-16/h1-6,11,13-15H,7-10,12H2,(H,24,29)(H,25,27)(H,26,28). The first kappa shape index (κ1) is 20.4. The van der Waals surface area contributed by atoms with Gasteiger partial charge in [-0.1, -0.05) is 12.1 Å². The minimum absolute atomic E-state index is 0.0323. The fourth-order valence-corrected chi connectivity index (χ4v) is 3.40. The fourth-order valence-electron chi connectivity index (χ4n) is 3.40. The molecule has 7 nitrogen and oxygen atoms in total. The second-order valence-electron chi connectivity index (χ2n) is 7.09. The lowest BCUT2D eigenvalue weighted by Gasteiger charge is -2.27. The number of hydrogen-bond donors (Lipinski definition) is 3. The van der Waals surface area contributed by atoms with Crippen molar-refractivity contribution in [1.29, 1.82) is 0 Å². The quantitative estimate of drug-likeness (QED) is 0.673. The molecule has 3 rings (SSSR count). The van der Waals surface area contributed by atoms with Gasteiger partial charge in [-0.25, -0.2) is 4.39 Å². The smallest absolute Gasteiger partial charge is 0.271 e. The number of hydrogen-bond acceptors (Lipinski definition) is 4. The van der Waals surface area contributed by atoms with Gasteiger partial charge in [0.1, 0.15) is 5.82 Å². The van der Waals surface area contributed by atoms with E-state index in [9.17, 15) is 18.8 Å². The second kappa shape index (κ2) is 9.77. The van der Waals surface area contributed by atoms with Crippen molar-refractivity contribution in [2.45, 2.75) is 25.7 Å². The molecule has 0 radical (unpaired) electrons. The summed E-state index contributed by atoms with van der Waals surface area (Å²) in [6, 6.07) is 9.11. The second-order valence-corrected chi connectivity index (χ2v) is 7.09. The summed E-state index contributed by atoms with van der Waals surface area (Å²) in [4.78, 5) is 40.2. The van der Waals surface area contributed by atoms with Gasteiger partial charge in [0.25, 0.3) is 11.8 Å². The Balaban J connectivity index is 1.38. The molecule has 1 aliphatic carbocycles. The lowest BCUT2D eigenvalue weighted by Crippen LogP contribution is -2.45. The van der Waals surface area contributed by atoms with Gasteiger partial charge in [-0.15, -0.1) is 0 Å². The van der Waals surface area contributed by atoms with E-state index < -0.39 is 17.6 Å². The number of pyridine rings is 1. The van der Waals surface area contributed by atoms with E-state index in [1.54, 1.807) is 24.4 Å². The Morgan fingerprint density at radius 2 is 1.72 bits per heavy atom. The molecule has 1 aliphatic rings. The molecule has 0 unspecified atom stereocenters. The number of benzene rings is 1. The van der Waals surface area contributed by atoms with Crippen molar-refractivity contribution in [1.82, 2.24) is 21.2 Å². The first-order valence-corrected chi connectivity index (χ1v) is 9.57. The average molecular weight is 398 g/mol. The number of aromatic nitrogens is 1. The van der Waals surface area contributed by atoms with E-state index in [1.807, 2.05) is 0 Å². The summed E-state index contributed by atoms with van der Waals surface area (Å²) in [7, 11) is 0. The molecule has 152 valence electrons. The van der Waals surface area contributed by atoms with Crippen LogP contribution < -0.4 is 16.2 Å². The highest BCUT2D eigenvalue weighted by Gasteiger charge is 2.27. The molecule has 8 heteroatoms. The van der Waals surface area contributed by atoms with Crippen LogP contribution >= 0.6 is 0 Å². The van der Waals surface area contributed by atoms with Crippen LogP contribution in [0.15, 0.2) is 48.8 Å². The normalized spacial score (nSPS) is 18.5. The summed E-state index contributed by atoms with van der Waals surface area (Å²) in [5, 5.41) is 2.77.